The van der Waals surface area contributed by atoms with Gasteiger partial charge in [-0.25, -0.2) is 0 Å². The van der Waals surface area contributed by atoms with Gasteiger partial charge >= 0.3 is 0 Å². The zero-order valence-corrected chi connectivity index (χ0v) is 48.1. The number of aliphatic hydroxyl groups is 15. The summed E-state index contributed by atoms with van der Waals surface area (Å²) in [7, 11) is 0. The van der Waals surface area contributed by atoms with Gasteiger partial charge in [-0.15, -0.1) is 0 Å². The minimum Gasteiger partial charge on any atom is -0.394 e. The Morgan fingerprint density at radius 3 is 1.66 bits per heavy atom. The van der Waals surface area contributed by atoms with Crippen LogP contribution in [0.4, 0.5) is 0 Å². The smallest absolute Gasteiger partial charge is 0.187 e. The highest BCUT2D eigenvalue weighted by Gasteiger charge is 2.66. The first-order chi connectivity index (χ1) is 39.3. The summed E-state index contributed by atoms with van der Waals surface area (Å²) in [5.41, 5.74) is 1.23. The third-order valence-corrected chi connectivity index (χ3v) is 21.4. The summed E-state index contributed by atoms with van der Waals surface area (Å²) in [5.74, 6) is 1.99. The van der Waals surface area contributed by atoms with E-state index in [2.05, 4.69) is 26.8 Å². The quantitative estimate of drug-likeness (QED) is 0.0629. The van der Waals surface area contributed by atoms with E-state index in [0.717, 1.165) is 44.9 Å². The van der Waals surface area contributed by atoms with Crippen molar-refractivity contribution in [3.8, 4) is 0 Å². The molecule has 6 heterocycles. The molecule has 36 atom stereocenters. The van der Waals surface area contributed by atoms with Gasteiger partial charge < -0.3 is 129 Å². The Labute approximate surface area is 483 Å². The summed E-state index contributed by atoms with van der Waals surface area (Å²) in [6.07, 6.45) is -27.8. The van der Waals surface area contributed by atoms with Crippen LogP contribution in [0.1, 0.15) is 99.3 Å². The average molecular weight is 1200 g/mol. The van der Waals surface area contributed by atoms with Crippen molar-refractivity contribution in [1.29, 1.82) is 0 Å². The second-order valence-corrected chi connectivity index (χ2v) is 26.4. The second kappa shape index (κ2) is 25.9. The molecule has 26 heteroatoms. The van der Waals surface area contributed by atoms with Crippen molar-refractivity contribution in [2.24, 2.45) is 46.3 Å². The largest absolute Gasteiger partial charge is 0.394 e. The zero-order valence-electron chi connectivity index (χ0n) is 48.1. The number of aliphatic hydroxyl groups excluding tert-OH is 15. The summed E-state index contributed by atoms with van der Waals surface area (Å²) in [5, 5.41) is 159. The van der Waals surface area contributed by atoms with Crippen LogP contribution in [0.5, 0.6) is 0 Å². The highest BCUT2D eigenvalue weighted by molar-refractivity contribution is 5.26. The lowest BCUT2D eigenvalue weighted by molar-refractivity contribution is -0.388. The fourth-order valence-electron chi connectivity index (χ4n) is 16.5. The molecule has 0 radical (unpaired) electrons. The maximum absolute atomic E-state index is 12.1. The van der Waals surface area contributed by atoms with Crippen molar-refractivity contribution in [2.45, 2.75) is 271 Å². The molecule has 10 aliphatic rings. The van der Waals surface area contributed by atoms with Gasteiger partial charge in [0, 0.05) is 0 Å². The van der Waals surface area contributed by atoms with E-state index in [0.29, 0.717) is 42.4 Å². The van der Waals surface area contributed by atoms with Gasteiger partial charge in [0.1, 0.15) is 110 Å². The Hall–Kier alpha value is -1.30. The number of ether oxygens (including phenoxy) is 11. The van der Waals surface area contributed by atoms with Crippen molar-refractivity contribution in [2.75, 3.05) is 26.4 Å². The molecule has 3 saturated carbocycles. The normalized spacial score (nSPS) is 55.0. The van der Waals surface area contributed by atoms with Crippen LogP contribution in [-0.2, 0) is 52.1 Å². The fraction of sp³-hybridized carbons (Fsp3) is 0.965. The number of rotatable bonds is 17. The van der Waals surface area contributed by atoms with Gasteiger partial charge in [-0.3, -0.25) is 0 Å². The van der Waals surface area contributed by atoms with E-state index in [1.807, 2.05) is 6.92 Å². The van der Waals surface area contributed by atoms with Gasteiger partial charge in [0.05, 0.1) is 56.9 Å². The van der Waals surface area contributed by atoms with Gasteiger partial charge in [-0.1, -0.05) is 39.3 Å². The van der Waals surface area contributed by atoms with Crippen LogP contribution in [0.15, 0.2) is 11.6 Å². The van der Waals surface area contributed by atoms with Crippen LogP contribution in [0.3, 0.4) is 0 Å². The minimum atomic E-state index is -1.77. The number of fused-ring (bicyclic) bond motifs is 7. The molecule has 15 N–H and O–H groups in total. The summed E-state index contributed by atoms with van der Waals surface area (Å²) < 4.78 is 66.6. The van der Waals surface area contributed by atoms with Gasteiger partial charge in [-0.05, 0) is 118 Å². The van der Waals surface area contributed by atoms with Crippen LogP contribution >= 0.6 is 0 Å². The summed E-state index contributed by atoms with van der Waals surface area (Å²) >= 11 is 0. The third kappa shape index (κ3) is 12.0. The van der Waals surface area contributed by atoms with E-state index in [4.69, 9.17) is 52.1 Å². The SMILES string of the molecule is C[C@H](CC[C@H]1O[C@H]2C[C@H]3[C@@H]4CC=C5C[C@@H](O[C@@H]6O[C@H](CO)[C@@H](O[C@@H]7O[C@@H](C)[C@H](O)[C@@H](O)[C@H]7O)[C@H](O)[C@H]6O[C@@H]6O[C@@H](C)[C@H](O)[C@@H](O)[C@H]6O)CC[C@]5(C)[C@H]4CC[C@]3(C)[C@H]2[C@@H]1C)CO[C@@H]1O[C@H](CO)[C@@H](O[C@@H]2O[C@H](CO)[C@H](O)[C@H](O)[C@H]2O)[C@H](O)[C@H]1O. The third-order valence-electron chi connectivity index (χ3n) is 21.4. The van der Waals surface area contributed by atoms with Crippen molar-refractivity contribution >= 4 is 0 Å². The molecule has 0 bridgehead atoms. The maximum atomic E-state index is 12.1. The van der Waals surface area contributed by atoms with Crippen molar-refractivity contribution in [3.05, 3.63) is 11.6 Å². The molecule has 6 saturated heterocycles. The minimum absolute atomic E-state index is 0.00533. The molecule has 4 aliphatic carbocycles. The van der Waals surface area contributed by atoms with Crippen molar-refractivity contribution in [1.82, 2.24) is 0 Å². The molecular weight excluding hydrogens is 1100 g/mol. The lowest BCUT2D eigenvalue weighted by atomic mass is 9.47. The van der Waals surface area contributed by atoms with E-state index >= 15 is 0 Å². The monoisotopic (exact) mass is 1190 g/mol. The summed E-state index contributed by atoms with van der Waals surface area (Å²) in [4.78, 5) is 0. The molecule has 0 spiro atoms. The van der Waals surface area contributed by atoms with Gasteiger partial charge in [0.2, 0.25) is 0 Å². The van der Waals surface area contributed by atoms with Crippen molar-refractivity contribution in [3.63, 3.8) is 0 Å². The second-order valence-electron chi connectivity index (χ2n) is 26.4. The first-order valence-corrected chi connectivity index (χ1v) is 30.2. The van der Waals surface area contributed by atoms with Gasteiger partial charge in [-0.2, -0.15) is 0 Å². The molecule has 10 rings (SSSR count). The standard InChI is InChI=1S/C57H94O26/c1-21(20-73-51-46(71)42(67)48(33(18-59)79-51)81-54-45(70)41(66)38(63)32(17-58)78-54)7-10-30-22(2)35-31(77-30)16-29-27-9-8-25-15-26(11-13-56(25,5)28(27)12-14-57(29,35)6)76-55-50(83-53-44(69)40(65)37(62)24(4)75-53)47(72)49(34(19-60)80-55)82-52-43(68)39(64)36(61)23(3)74-52/h8,21-24,26-55,58-72H,7,9-20H2,1-6H3/t21-,22-,23+,24+,26+,27-,28+,29+,30-,31+,32-,33-,34-,35+,36+,37+,38+,39-,40-,41+,42-,43-,44-,45-,46-,47+,48-,49-,50-,51-,52+,53+,54+,55-,56+,57+/m1/s1. The molecule has 6 aliphatic heterocycles. The van der Waals surface area contributed by atoms with E-state index in [9.17, 15) is 76.6 Å². The predicted octanol–water partition coefficient (Wildman–Crippen LogP) is -3.48. The van der Waals surface area contributed by atoms with Crippen LogP contribution < -0.4 is 0 Å². The Kier molecular flexibility index (Phi) is 20.2. The molecule has 478 valence electrons. The summed E-state index contributed by atoms with van der Waals surface area (Å²) in [6, 6.07) is 0. The molecule has 0 amide bonds. The predicted molar refractivity (Wildman–Crippen MR) is 280 cm³/mol. The molecule has 83 heavy (non-hydrogen) atoms. The molecule has 0 aromatic rings. The lowest BCUT2D eigenvalue weighted by Crippen LogP contribution is -2.66. The number of allylic oxidation sites excluding steroid dienone is 1. The van der Waals surface area contributed by atoms with Crippen LogP contribution in [0, 0.1) is 46.3 Å². The Balaban J connectivity index is 0.739. The van der Waals surface area contributed by atoms with E-state index in [1.54, 1.807) is 0 Å². The van der Waals surface area contributed by atoms with E-state index in [-0.39, 0.29) is 35.6 Å². The van der Waals surface area contributed by atoms with Gasteiger partial charge in [0.25, 0.3) is 0 Å². The highest BCUT2D eigenvalue weighted by atomic mass is 16.8. The number of hydrogen-bond donors (Lipinski definition) is 15. The van der Waals surface area contributed by atoms with Gasteiger partial charge in [0.15, 0.2) is 31.5 Å². The Morgan fingerprint density at radius 2 is 1.06 bits per heavy atom. The fourth-order valence-corrected chi connectivity index (χ4v) is 16.5. The van der Waals surface area contributed by atoms with Crippen LogP contribution in [-0.4, -0.2) is 275 Å². The average Bonchev–Trinajstić information content (AvgIpc) is 1.83. The lowest BCUT2D eigenvalue weighted by Gasteiger charge is -2.58. The van der Waals surface area contributed by atoms with E-state index in [1.165, 1.54) is 19.4 Å². The van der Waals surface area contributed by atoms with E-state index < -0.39 is 179 Å². The molecule has 0 aromatic heterocycles. The molecular formula is C57H94O26. The Morgan fingerprint density at radius 1 is 0.530 bits per heavy atom. The molecule has 9 fully saturated rings. The number of hydrogen-bond acceptors (Lipinski definition) is 26. The summed E-state index contributed by atoms with van der Waals surface area (Å²) in [6.45, 7) is 10.2. The van der Waals surface area contributed by atoms with Crippen LogP contribution in [0.2, 0.25) is 0 Å². The Bertz CT molecular complexity index is 2160. The molecule has 26 nitrogen and oxygen atoms in total. The zero-order chi connectivity index (χ0) is 59.9. The molecule has 0 unspecified atom stereocenters. The first-order valence-electron chi connectivity index (χ1n) is 30.2. The van der Waals surface area contributed by atoms with Crippen LogP contribution in [0.25, 0.3) is 0 Å². The maximum Gasteiger partial charge on any atom is 0.187 e. The highest BCUT2D eigenvalue weighted by Crippen LogP contribution is 2.69. The van der Waals surface area contributed by atoms with Crippen molar-refractivity contribution < 1.29 is 129 Å². The molecule has 0 aromatic carbocycles. The topological polar surface area (TPSA) is 405 Å². The first kappa shape index (κ1) is 64.7.